The average Bonchev–Trinajstić information content (AvgIpc) is 3.03. The maximum absolute atomic E-state index is 12.9. The van der Waals surface area contributed by atoms with Crippen LogP contribution in [0.1, 0.15) is 5.56 Å². The normalized spacial score (nSPS) is 11.2. The van der Waals surface area contributed by atoms with Crippen molar-refractivity contribution in [2.45, 2.75) is 6.54 Å². The summed E-state index contributed by atoms with van der Waals surface area (Å²) >= 11 is 15.6. The second-order valence-electron chi connectivity index (χ2n) is 5.64. The number of halogens is 3. The van der Waals surface area contributed by atoms with Crippen LogP contribution in [0.2, 0.25) is 10.2 Å². The maximum Gasteiger partial charge on any atom is 0.266 e. The summed E-state index contributed by atoms with van der Waals surface area (Å²) in [7, 11) is 0. The Morgan fingerprint density at radius 1 is 1.12 bits per heavy atom. The van der Waals surface area contributed by atoms with Crippen LogP contribution in [-0.4, -0.2) is 19.3 Å². The Balaban J connectivity index is 1.82. The molecule has 4 aromatic rings. The molecule has 130 valence electrons. The van der Waals surface area contributed by atoms with Gasteiger partial charge in [0, 0.05) is 23.5 Å². The second kappa shape index (κ2) is 6.87. The summed E-state index contributed by atoms with van der Waals surface area (Å²) in [4.78, 5) is 16.9. The van der Waals surface area contributed by atoms with E-state index in [0.717, 1.165) is 11.1 Å². The summed E-state index contributed by atoms with van der Waals surface area (Å²) in [6, 6.07) is 11.1. The third-order valence-electron chi connectivity index (χ3n) is 4.05. The molecule has 0 saturated heterocycles. The lowest BCUT2D eigenvalue weighted by Gasteiger charge is -2.09. The van der Waals surface area contributed by atoms with Crippen LogP contribution in [0.5, 0.6) is 0 Å². The van der Waals surface area contributed by atoms with Crippen LogP contribution in [0.15, 0.2) is 64.3 Å². The minimum absolute atomic E-state index is 0.184. The molecule has 5 nitrogen and oxygen atoms in total. The van der Waals surface area contributed by atoms with Gasteiger partial charge >= 0.3 is 0 Å². The van der Waals surface area contributed by atoms with E-state index in [4.69, 9.17) is 23.2 Å². The van der Waals surface area contributed by atoms with Crippen LogP contribution in [0, 0.1) is 0 Å². The van der Waals surface area contributed by atoms with Gasteiger partial charge in [0.15, 0.2) is 0 Å². The van der Waals surface area contributed by atoms with Gasteiger partial charge in [-0.2, -0.15) is 5.10 Å². The highest BCUT2D eigenvalue weighted by molar-refractivity contribution is 9.10. The summed E-state index contributed by atoms with van der Waals surface area (Å²) in [5.74, 6) is 0. The first-order chi connectivity index (χ1) is 12.5. The van der Waals surface area contributed by atoms with E-state index in [1.54, 1.807) is 29.3 Å². The van der Waals surface area contributed by atoms with E-state index in [2.05, 4.69) is 26.0 Å². The predicted octanol–water partition coefficient (Wildman–Crippen LogP) is 4.70. The highest BCUT2D eigenvalue weighted by Crippen LogP contribution is 2.23. The van der Waals surface area contributed by atoms with Gasteiger partial charge in [0.25, 0.3) is 5.56 Å². The minimum atomic E-state index is -0.184. The van der Waals surface area contributed by atoms with E-state index in [0.29, 0.717) is 32.3 Å². The first kappa shape index (κ1) is 17.3. The molecule has 0 aliphatic rings. The van der Waals surface area contributed by atoms with E-state index in [1.807, 2.05) is 30.3 Å². The SMILES string of the molecule is O=c1c2cnn(Cc3ccccc3Cl)c2ccn1-c1cc(Cl)ncc1Br. The number of pyridine rings is 2. The lowest BCUT2D eigenvalue weighted by molar-refractivity contribution is 0.712. The molecule has 0 unspecified atom stereocenters. The fourth-order valence-corrected chi connectivity index (χ4v) is 3.53. The summed E-state index contributed by atoms with van der Waals surface area (Å²) in [6.45, 7) is 0.484. The van der Waals surface area contributed by atoms with Crippen LogP contribution >= 0.6 is 39.1 Å². The molecule has 0 saturated carbocycles. The van der Waals surface area contributed by atoms with E-state index in [1.165, 1.54) is 4.57 Å². The van der Waals surface area contributed by atoms with Crippen molar-refractivity contribution < 1.29 is 0 Å². The zero-order valence-electron chi connectivity index (χ0n) is 13.2. The summed E-state index contributed by atoms with van der Waals surface area (Å²) < 4.78 is 3.95. The fourth-order valence-electron chi connectivity index (χ4n) is 2.77. The van der Waals surface area contributed by atoms with Crippen molar-refractivity contribution in [1.82, 2.24) is 19.3 Å². The van der Waals surface area contributed by atoms with Crippen LogP contribution in [0.25, 0.3) is 16.6 Å². The molecule has 0 amide bonds. The smallest absolute Gasteiger partial charge is 0.266 e. The van der Waals surface area contributed by atoms with Crippen LogP contribution in [-0.2, 0) is 6.54 Å². The lowest BCUT2D eigenvalue weighted by Crippen LogP contribution is -2.18. The molecule has 4 rings (SSSR count). The van der Waals surface area contributed by atoms with Crippen molar-refractivity contribution in [2.24, 2.45) is 0 Å². The first-order valence-corrected chi connectivity index (χ1v) is 9.21. The van der Waals surface area contributed by atoms with Gasteiger partial charge in [0.1, 0.15) is 5.15 Å². The van der Waals surface area contributed by atoms with Crippen molar-refractivity contribution in [2.75, 3.05) is 0 Å². The topological polar surface area (TPSA) is 52.7 Å². The molecular formula is C18H11BrCl2N4O. The lowest BCUT2D eigenvalue weighted by atomic mass is 10.2. The molecule has 0 atom stereocenters. The van der Waals surface area contributed by atoms with E-state index < -0.39 is 0 Å². The molecule has 26 heavy (non-hydrogen) atoms. The number of rotatable bonds is 3. The molecule has 0 spiro atoms. The number of benzene rings is 1. The molecule has 0 bridgehead atoms. The predicted molar refractivity (Wildman–Crippen MR) is 106 cm³/mol. The van der Waals surface area contributed by atoms with E-state index in [9.17, 15) is 4.79 Å². The number of aromatic nitrogens is 4. The summed E-state index contributed by atoms with van der Waals surface area (Å²) in [5.41, 5.74) is 2.11. The molecule has 1 aromatic carbocycles. The Labute approximate surface area is 166 Å². The Morgan fingerprint density at radius 3 is 2.73 bits per heavy atom. The highest BCUT2D eigenvalue weighted by Gasteiger charge is 2.13. The largest absolute Gasteiger partial charge is 0.282 e. The van der Waals surface area contributed by atoms with Gasteiger partial charge in [0.2, 0.25) is 0 Å². The van der Waals surface area contributed by atoms with Crippen molar-refractivity contribution in [3.05, 3.63) is 85.6 Å². The molecule has 8 heteroatoms. The molecule has 0 fully saturated rings. The second-order valence-corrected chi connectivity index (χ2v) is 7.29. The Morgan fingerprint density at radius 2 is 1.92 bits per heavy atom. The van der Waals surface area contributed by atoms with Gasteiger partial charge in [-0.15, -0.1) is 0 Å². The number of nitrogens with zero attached hydrogens (tertiary/aromatic N) is 4. The Hall–Kier alpha value is -2.15. The molecule has 0 N–H and O–H groups in total. The van der Waals surface area contributed by atoms with Gasteiger partial charge in [-0.3, -0.25) is 14.0 Å². The summed E-state index contributed by atoms with van der Waals surface area (Å²) in [6.07, 6.45) is 4.84. The van der Waals surface area contributed by atoms with Crippen molar-refractivity contribution in [3.8, 4) is 5.69 Å². The quantitative estimate of drug-likeness (QED) is 0.426. The molecule has 0 aliphatic carbocycles. The molecule has 0 radical (unpaired) electrons. The molecule has 3 aromatic heterocycles. The summed E-state index contributed by atoms with van der Waals surface area (Å²) in [5, 5.41) is 5.85. The third-order valence-corrected chi connectivity index (χ3v) is 5.24. The molecule has 0 aliphatic heterocycles. The number of fused-ring (bicyclic) bond motifs is 1. The van der Waals surface area contributed by atoms with Gasteiger partial charge in [-0.05, 0) is 33.6 Å². The van der Waals surface area contributed by atoms with E-state index in [-0.39, 0.29) is 5.56 Å². The van der Waals surface area contributed by atoms with Gasteiger partial charge in [0.05, 0.1) is 33.8 Å². The average molecular weight is 450 g/mol. The van der Waals surface area contributed by atoms with Crippen LogP contribution < -0.4 is 5.56 Å². The van der Waals surface area contributed by atoms with E-state index >= 15 is 0 Å². The van der Waals surface area contributed by atoms with Crippen molar-refractivity contribution in [1.29, 1.82) is 0 Å². The Kier molecular flexibility index (Phi) is 4.56. The van der Waals surface area contributed by atoms with Crippen LogP contribution in [0.4, 0.5) is 0 Å². The maximum atomic E-state index is 12.9. The minimum Gasteiger partial charge on any atom is -0.282 e. The number of hydrogen-bond acceptors (Lipinski definition) is 3. The van der Waals surface area contributed by atoms with Crippen molar-refractivity contribution in [3.63, 3.8) is 0 Å². The third kappa shape index (κ3) is 3.05. The van der Waals surface area contributed by atoms with Gasteiger partial charge < -0.3 is 0 Å². The van der Waals surface area contributed by atoms with Crippen LogP contribution in [0.3, 0.4) is 0 Å². The zero-order valence-corrected chi connectivity index (χ0v) is 16.3. The van der Waals surface area contributed by atoms with Crippen molar-refractivity contribution >= 4 is 50.0 Å². The highest BCUT2D eigenvalue weighted by atomic mass is 79.9. The standard InChI is InChI=1S/C18H11BrCl2N4O/c19-13-9-22-17(21)7-16(13)24-6-5-15-12(18(24)26)8-23-25(15)10-11-3-1-2-4-14(11)20/h1-9H,10H2. The van der Waals surface area contributed by atoms with Gasteiger partial charge in [-0.1, -0.05) is 41.4 Å². The fraction of sp³-hybridized carbons (Fsp3) is 0.0556. The molecular weight excluding hydrogens is 439 g/mol. The van der Waals surface area contributed by atoms with Gasteiger partial charge in [-0.25, -0.2) is 4.98 Å². The Bertz CT molecular complexity index is 1190. The molecule has 3 heterocycles. The number of hydrogen-bond donors (Lipinski definition) is 0. The monoisotopic (exact) mass is 448 g/mol. The zero-order chi connectivity index (χ0) is 18.3. The first-order valence-electron chi connectivity index (χ1n) is 7.66.